The Morgan fingerprint density at radius 3 is 2.16 bits per heavy atom. The molecule has 0 saturated carbocycles. The van der Waals surface area contributed by atoms with Crippen molar-refractivity contribution >= 4 is 47.8 Å². The lowest BCUT2D eigenvalue weighted by Gasteiger charge is -2.36. The second kappa shape index (κ2) is 7.58. The summed E-state index contributed by atoms with van der Waals surface area (Å²) in [5, 5.41) is 1.98. The summed E-state index contributed by atoms with van der Waals surface area (Å²) in [6.45, 7) is 1.84. The van der Waals surface area contributed by atoms with Crippen molar-refractivity contribution in [3.05, 3.63) is 34.3 Å². The summed E-state index contributed by atoms with van der Waals surface area (Å²) >= 11 is 11.0. The standard InChI is InChI=1S/C15H19Br3O/c16-10-15(11-17,9-12-5-7-19-8-6-12)13-1-3-14(18)4-2-13/h1-4,12H,5-11H2. The molecular formula is C15H19Br3O. The molecule has 1 aromatic rings. The summed E-state index contributed by atoms with van der Waals surface area (Å²) in [5.41, 5.74) is 1.60. The van der Waals surface area contributed by atoms with Gasteiger partial charge in [-0.3, -0.25) is 0 Å². The Morgan fingerprint density at radius 2 is 1.63 bits per heavy atom. The van der Waals surface area contributed by atoms with E-state index in [0.29, 0.717) is 0 Å². The molecule has 19 heavy (non-hydrogen) atoms. The van der Waals surface area contributed by atoms with Gasteiger partial charge in [-0.2, -0.15) is 0 Å². The van der Waals surface area contributed by atoms with Gasteiger partial charge in [0.25, 0.3) is 0 Å². The summed E-state index contributed by atoms with van der Waals surface area (Å²) < 4.78 is 6.61. The van der Waals surface area contributed by atoms with Gasteiger partial charge in [-0.05, 0) is 42.9 Å². The van der Waals surface area contributed by atoms with Crippen LogP contribution in [0, 0.1) is 5.92 Å². The van der Waals surface area contributed by atoms with Gasteiger partial charge in [-0.15, -0.1) is 0 Å². The molecule has 0 spiro atoms. The van der Waals surface area contributed by atoms with Crippen LogP contribution in [0.2, 0.25) is 0 Å². The number of halogens is 3. The molecule has 1 fully saturated rings. The maximum atomic E-state index is 5.47. The van der Waals surface area contributed by atoms with E-state index in [1.807, 2.05) is 0 Å². The van der Waals surface area contributed by atoms with Gasteiger partial charge in [0.2, 0.25) is 0 Å². The third kappa shape index (κ3) is 4.05. The van der Waals surface area contributed by atoms with Gasteiger partial charge in [0, 0.05) is 33.8 Å². The lowest BCUT2D eigenvalue weighted by Crippen LogP contribution is -2.34. The van der Waals surface area contributed by atoms with Gasteiger partial charge in [0.05, 0.1) is 0 Å². The first-order valence-electron chi connectivity index (χ1n) is 6.66. The lowest BCUT2D eigenvalue weighted by molar-refractivity contribution is 0.0584. The molecule has 0 radical (unpaired) electrons. The molecule has 0 bridgehead atoms. The monoisotopic (exact) mass is 452 g/mol. The second-order valence-corrected chi connectivity index (χ2v) is 7.35. The molecule has 0 aromatic heterocycles. The van der Waals surface area contributed by atoms with E-state index in [9.17, 15) is 0 Å². The zero-order valence-corrected chi connectivity index (χ0v) is 15.6. The normalized spacial score (nSPS) is 17.6. The van der Waals surface area contributed by atoms with Gasteiger partial charge >= 0.3 is 0 Å². The minimum Gasteiger partial charge on any atom is -0.381 e. The van der Waals surface area contributed by atoms with Crippen molar-refractivity contribution in [1.29, 1.82) is 0 Å². The van der Waals surface area contributed by atoms with Gasteiger partial charge in [-0.25, -0.2) is 0 Å². The fourth-order valence-electron chi connectivity index (χ4n) is 2.72. The smallest absolute Gasteiger partial charge is 0.0468 e. The second-order valence-electron chi connectivity index (χ2n) is 5.31. The summed E-state index contributed by atoms with van der Waals surface area (Å²) in [5.74, 6) is 0.771. The van der Waals surface area contributed by atoms with Crippen LogP contribution in [0.1, 0.15) is 24.8 Å². The summed E-state index contributed by atoms with van der Waals surface area (Å²) in [4.78, 5) is 0. The van der Waals surface area contributed by atoms with Crippen LogP contribution in [0.25, 0.3) is 0 Å². The van der Waals surface area contributed by atoms with E-state index in [1.165, 1.54) is 24.8 Å². The molecule has 0 unspecified atom stereocenters. The van der Waals surface area contributed by atoms with Crippen LogP contribution in [0.15, 0.2) is 28.7 Å². The number of benzene rings is 1. The highest BCUT2D eigenvalue weighted by Gasteiger charge is 2.33. The summed E-state index contributed by atoms with van der Waals surface area (Å²) in [6.07, 6.45) is 3.60. The van der Waals surface area contributed by atoms with Gasteiger partial charge in [0.1, 0.15) is 0 Å². The van der Waals surface area contributed by atoms with Crippen molar-refractivity contribution in [2.24, 2.45) is 5.92 Å². The fraction of sp³-hybridized carbons (Fsp3) is 0.600. The van der Waals surface area contributed by atoms with Crippen molar-refractivity contribution in [2.45, 2.75) is 24.7 Å². The first kappa shape index (κ1) is 16.0. The van der Waals surface area contributed by atoms with Gasteiger partial charge in [0.15, 0.2) is 0 Å². The van der Waals surface area contributed by atoms with Crippen LogP contribution >= 0.6 is 47.8 Å². The van der Waals surface area contributed by atoms with Crippen molar-refractivity contribution in [1.82, 2.24) is 0 Å². The largest absolute Gasteiger partial charge is 0.381 e. The molecule has 2 rings (SSSR count). The van der Waals surface area contributed by atoms with E-state index >= 15 is 0 Å². The molecule has 1 heterocycles. The van der Waals surface area contributed by atoms with Gasteiger partial charge in [-0.1, -0.05) is 59.9 Å². The van der Waals surface area contributed by atoms with E-state index < -0.39 is 0 Å². The number of alkyl halides is 2. The summed E-state index contributed by atoms with van der Waals surface area (Å²) in [6, 6.07) is 8.76. The average Bonchev–Trinajstić information content (AvgIpc) is 2.47. The first-order chi connectivity index (χ1) is 9.20. The maximum Gasteiger partial charge on any atom is 0.0468 e. The minimum atomic E-state index is 0.183. The Balaban J connectivity index is 2.18. The molecule has 1 aromatic carbocycles. The zero-order valence-electron chi connectivity index (χ0n) is 10.9. The van der Waals surface area contributed by atoms with Crippen molar-refractivity contribution in [3.8, 4) is 0 Å². The van der Waals surface area contributed by atoms with Gasteiger partial charge < -0.3 is 4.74 Å². The molecule has 1 aliphatic rings. The van der Waals surface area contributed by atoms with Crippen LogP contribution in [0.3, 0.4) is 0 Å². The van der Waals surface area contributed by atoms with Crippen LogP contribution in [-0.4, -0.2) is 23.9 Å². The maximum absolute atomic E-state index is 5.47. The fourth-order valence-corrected chi connectivity index (χ4v) is 5.02. The van der Waals surface area contributed by atoms with E-state index in [4.69, 9.17) is 4.74 Å². The van der Waals surface area contributed by atoms with E-state index in [0.717, 1.165) is 34.3 Å². The zero-order chi connectivity index (χ0) is 13.7. The van der Waals surface area contributed by atoms with E-state index in [2.05, 4.69) is 72.1 Å². The Kier molecular flexibility index (Phi) is 6.38. The molecule has 1 nitrogen and oxygen atoms in total. The number of hydrogen-bond acceptors (Lipinski definition) is 1. The van der Waals surface area contributed by atoms with Crippen LogP contribution < -0.4 is 0 Å². The predicted molar refractivity (Wildman–Crippen MR) is 91.6 cm³/mol. The topological polar surface area (TPSA) is 9.23 Å². The van der Waals surface area contributed by atoms with Crippen LogP contribution in [0.5, 0.6) is 0 Å². The molecule has 1 saturated heterocycles. The highest BCUT2D eigenvalue weighted by Crippen LogP contribution is 2.38. The summed E-state index contributed by atoms with van der Waals surface area (Å²) in [7, 11) is 0. The SMILES string of the molecule is BrCC(CBr)(CC1CCOCC1)c1ccc(Br)cc1. The van der Waals surface area contributed by atoms with E-state index in [-0.39, 0.29) is 5.41 Å². The number of ether oxygens (including phenoxy) is 1. The molecule has 0 amide bonds. The van der Waals surface area contributed by atoms with E-state index in [1.54, 1.807) is 0 Å². The third-order valence-electron chi connectivity index (χ3n) is 3.99. The third-order valence-corrected chi connectivity index (χ3v) is 6.66. The lowest BCUT2D eigenvalue weighted by atomic mass is 9.75. The molecule has 4 heteroatoms. The van der Waals surface area contributed by atoms with Crippen LogP contribution in [0.4, 0.5) is 0 Å². The van der Waals surface area contributed by atoms with Crippen molar-refractivity contribution in [3.63, 3.8) is 0 Å². The number of hydrogen-bond donors (Lipinski definition) is 0. The quantitative estimate of drug-likeness (QED) is 0.549. The molecule has 1 aliphatic heterocycles. The Morgan fingerprint density at radius 1 is 1.05 bits per heavy atom. The highest BCUT2D eigenvalue weighted by atomic mass is 79.9. The Bertz CT molecular complexity index is 381. The number of rotatable bonds is 5. The molecule has 0 aliphatic carbocycles. The Hall–Kier alpha value is 0.620. The molecule has 106 valence electrons. The van der Waals surface area contributed by atoms with Crippen molar-refractivity contribution in [2.75, 3.05) is 23.9 Å². The Labute approximate surface area is 140 Å². The molecular weight excluding hydrogens is 436 g/mol. The molecule has 0 N–H and O–H groups in total. The van der Waals surface area contributed by atoms with Crippen molar-refractivity contribution < 1.29 is 4.74 Å². The minimum absolute atomic E-state index is 0.183. The van der Waals surface area contributed by atoms with Crippen LogP contribution in [-0.2, 0) is 10.2 Å². The predicted octanol–water partition coefficient (Wildman–Crippen LogP) is 5.29. The molecule has 0 atom stereocenters. The average molecular weight is 455 g/mol. The highest BCUT2D eigenvalue weighted by molar-refractivity contribution is 9.10. The first-order valence-corrected chi connectivity index (χ1v) is 9.69.